The molecule has 17 atom stereocenters. The largest absolute Gasteiger partial charge is 0.508 e. The van der Waals surface area contributed by atoms with Crippen LogP contribution in [0.2, 0.25) is 0 Å². The standard InChI is InChI=1S/C56H95N11O17/c1-5-30(2)24-31(3)12-10-8-6-7-9-11-13-43(74)61-38-26-41(72)54(84-23-21-58)65-49(77)36-28-66(29-42(36)73)55(82)45(40(71)19-22-60-50(78)37(59)18-20-57)63-53(81)46(48(76)47(75)33-14-16-34(69)17-15-33)64-52(80)39-25-35(70)27-67(39)56(83)44(32(4)68)62-51(38)79/h14-17,30-32,35-42,44-48,54,68-73,75-76H,5-13,18-29,57-59H2,1-4H3,(H,60,78)(H,61,74)(H,62,79)(H,63,81)(H,64,80)(H,65,77)/t30?,31?,32-,35-,36?,37+,38?,39?,40-,41-,42+,44+,45+,46+,47+,48+,54-/m1/s1. The summed E-state index contributed by atoms with van der Waals surface area (Å²) >= 11 is 0. The van der Waals surface area contributed by atoms with Crippen LogP contribution in [0.15, 0.2) is 24.3 Å². The molecule has 3 aliphatic rings. The minimum absolute atomic E-state index is 0.0519. The second-order valence-electron chi connectivity index (χ2n) is 22.9. The van der Waals surface area contributed by atoms with Crippen molar-refractivity contribution in [3.63, 3.8) is 0 Å². The molecule has 1 aromatic rings. The average Bonchev–Trinajstić information content (AvgIpc) is 4.25. The Hall–Kier alpha value is -5.66. The van der Waals surface area contributed by atoms with Gasteiger partial charge in [-0.1, -0.05) is 77.8 Å². The number of ether oxygens (including phenoxy) is 1. The van der Waals surface area contributed by atoms with Gasteiger partial charge >= 0.3 is 0 Å². The van der Waals surface area contributed by atoms with E-state index in [2.05, 4.69) is 52.7 Å². The van der Waals surface area contributed by atoms with Gasteiger partial charge in [0.15, 0.2) is 6.23 Å². The fourth-order valence-electron chi connectivity index (χ4n) is 10.7. The molecule has 3 saturated heterocycles. The second-order valence-corrected chi connectivity index (χ2v) is 22.9. The van der Waals surface area contributed by atoms with Crippen molar-refractivity contribution >= 4 is 47.3 Å². The van der Waals surface area contributed by atoms with Crippen molar-refractivity contribution in [3.8, 4) is 5.75 Å². The highest BCUT2D eigenvalue weighted by Crippen LogP contribution is 2.27. The Morgan fingerprint density at radius 3 is 2.00 bits per heavy atom. The lowest BCUT2D eigenvalue weighted by molar-refractivity contribution is -0.147. The summed E-state index contributed by atoms with van der Waals surface area (Å²) in [6, 6.07) is -6.05. The Kier molecular flexibility index (Phi) is 29.6. The van der Waals surface area contributed by atoms with Crippen LogP contribution in [0.25, 0.3) is 0 Å². The van der Waals surface area contributed by atoms with E-state index in [9.17, 15) is 79.2 Å². The van der Waals surface area contributed by atoms with Crippen LogP contribution in [0.4, 0.5) is 0 Å². The SMILES string of the molecule is CCC(C)CC(C)CCCCCCCCC(=O)NC1C[C@@H](O)[C@@H](OCCN)NC(=O)C2CN(C[C@@H]2O)C(=O)[C@H]([C@H](O)CCNC(=O)[C@@H](N)CCN)NC(=O)[C@H]([C@H](O)[C@@H](O)c2ccc(O)cc2)NC(=O)C2C[C@@H](O)CN2C(=O)[C@H]([C@@H](C)O)NC1=O. The highest BCUT2D eigenvalue weighted by atomic mass is 16.5. The third-order valence-corrected chi connectivity index (χ3v) is 15.9. The molecule has 2 bridgehead atoms. The number of unbranched alkanes of at least 4 members (excludes halogenated alkanes) is 5. The summed E-state index contributed by atoms with van der Waals surface area (Å²) in [5, 5.41) is 105. The van der Waals surface area contributed by atoms with Gasteiger partial charge in [0, 0.05) is 52.0 Å². The number of hydrogen-bond acceptors (Lipinski definition) is 20. The first kappa shape index (κ1) is 70.8. The number of benzene rings is 1. The monoisotopic (exact) mass is 1190 g/mol. The number of hydrogen-bond donors (Lipinski definition) is 17. The number of aliphatic hydroxyl groups is 7. The number of phenols is 1. The van der Waals surface area contributed by atoms with Crippen LogP contribution in [0.5, 0.6) is 5.75 Å². The van der Waals surface area contributed by atoms with E-state index in [1.54, 1.807) is 0 Å². The highest BCUT2D eigenvalue weighted by molar-refractivity contribution is 5.97. The number of phenolic OH excluding ortho intramolecular Hbond substituents is 1. The van der Waals surface area contributed by atoms with Crippen LogP contribution in [-0.4, -0.2) is 223 Å². The minimum atomic E-state index is -2.33. The predicted octanol–water partition coefficient (Wildman–Crippen LogP) is -4.19. The van der Waals surface area contributed by atoms with Crippen molar-refractivity contribution in [3.05, 3.63) is 29.8 Å². The molecule has 5 unspecified atom stereocenters. The molecule has 0 aromatic heterocycles. The number of aliphatic hydroxyl groups excluding tert-OH is 7. The van der Waals surface area contributed by atoms with E-state index in [0.29, 0.717) is 24.7 Å². The molecule has 1 aromatic carbocycles. The lowest BCUT2D eigenvalue weighted by Gasteiger charge is -2.34. The average molecular weight is 1190 g/mol. The van der Waals surface area contributed by atoms with Gasteiger partial charge in [0.05, 0.1) is 43.0 Å². The number of nitrogens with zero attached hydrogens (tertiary/aromatic N) is 2. The number of amides is 8. The number of nitrogens with two attached hydrogens (primary N) is 3. The van der Waals surface area contributed by atoms with E-state index in [-0.39, 0.29) is 50.4 Å². The number of fused-ring (bicyclic) bond motifs is 3. The van der Waals surface area contributed by atoms with Crippen LogP contribution in [0, 0.1) is 17.8 Å². The summed E-state index contributed by atoms with van der Waals surface area (Å²) in [5.41, 5.74) is 17.0. The summed E-state index contributed by atoms with van der Waals surface area (Å²) in [6.07, 6.45) is -7.77. The van der Waals surface area contributed by atoms with Gasteiger partial charge in [0.25, 0.3) is 0 Å². The van der Waals surface area contributed by atoms with E-state index in [1.165, 1.54) is 18.6 Å². The van der Waals surface area contributed by atoms with Gasteiger partial charge in [0.2, 0.25) is 47.3 Å². The number of aromatic hydroxyl groups is 1. The van der Waals surface area contributed by atoms with Crippen molar-refractivity contribution in [2.24, 2.45) is 35.0 Å². The van der Waals surface area contributed by atoms with Crippen molar-refractivity contribution in [1.29, 1.82) is 0 Å². The van der Waals surface area contributed by atoms with Gasteiger partial charge in [-0.3, -0.25) is 38.4 Å². The second kappa shape index (κ2) is 35.1. The molecule has 3 heterocycles. The maximum Gasteiger partial charge on any atom is 0.248 e. The molecule has 4 rings (SSSR count). The topological polar surface area (TPSA) is 464 Å². The van der Waals surface area contributed by atoms with Gasteiger partial charge in [-0.2, -0.15) is 0 Å². The van der Waals surface area contributed by atoms with Gasteiger partial charge in [-0.05, 0) is 68.7 Å². The Labute approximate surface area is 490 Å². The number of carbonyl (C=O) groups is 8. The third kappa shape index (κ3) is 21.4. The van der Waals surface area contributed by atoms with E-state index < -0.39 is 177 Å². The zero-order chi connectivity index (χ0) is 62.4. The lowest BCUT2D eigenvalue weighted by Crippen LogP contribution is -2.64. The normalized spacial score (nSPS) is 27.5. The summed E-state index contributed by atoms with van der Waals surface area (Å²) in [4.78, 5) is 115. The quantitative estimate of drug-likeness (QED) is 0.0372. The van der Waals surface area contributed by atoms with Crippen LogP contribution in [0.3, 0.4) is 0 Å². The van der Waals surface area contributed by atoms with Crippen LogP contribution in [-0.2, 0) is 43.1 Å². The Bertz CT molecular complexity index is 2290. The smallest absolute Gasteiger partial charge is 0.248 e. The zero-order valence-electron chi connectivity index (χ0n) is 48.9. The molecular weight excluding hydrogens is 1100 g/mol. The Balaban J connectivity index is 1.74. The first-order valence-electron chi connectivity index (χ1n) is 29.5. The molecule has 0 radical (unpaired) electrons. The van der Waals surface area contributed by atoms with Crippen LogP contribution in [0.1, 0.15) is 129 Å². The minimum Gasteiger partial charge on any atom is -0.508 e. The fraction of sp³-hybridized carbons (Fsp3) is 0.750. The fourth-order valence-corrected chi connectivity index (χ4v) is 10.7. The van der Waals surface area contributed by atoms with E-state index >= 15 is 0 Å². The van der Waals surface area contributed by atoms with Crippen molar-refractivity contribution in [2.75, 3.05) is 45.9 Å². The summed E-state index contributed by atoms with van der Waals surface area (Å²) in [5.74, 6) is -8.79. The Morgan fingerprint density at radius 1 is 0.714 bits per heavy atom. The molecule has 20 N–H and O–H groups in total. The molecule has 28 heteroatoms. The van der Waals surface area contributed by atoms with Crippen molar-refractivity contribution < 1.29 is 83.9 Å². The number of rotatable bonds is 27. The van der Waals surface area contributed by atoms with Crippen LogP contribution < -0.4 is 49.1 Å². The van der Waals surface area contributed by atoms with Crippen LogP contribution >= 0.6 is 0 Å². The predicted molar refractivity (Wildman–Crippen MR) is 304 cm³/mol. The first-order valence-corrected chi connectivity index (χ1v) is 29.5. The third-order valence-electron chi connectivity index (χ3n) is 15.9. The van der Waals surface area contributed by atoms with E-state index in [4.69, 9.17) is 21.9 Å². The number of nitrogens with one attached hydrogen (secondary N) is 6. The maximum atomic E-state index is 14.7. The summed E-state index contributed by atoms with van der Waals surface area (Å²) in [6.45, 7) is 5.39. The molecule has 0 aliphatic carbocycles. The van der Waals surface area contributed by atoms with Gasteiger partial charge < -0.3 is 104 Å². The first-order chi connectivity index (χ1) is 39.8. The zero-order valence-corrected chi connectivity index (χ0v) is 48.9. The molecule has 0 spiro atoms. The molecular formula is C56H95N11O17. The maximum absolute atomic E-state index is 14.7. The Morgan fingerprint density at radius 2 is 1.36 bits per heavy atom. The van der Waals surface area contributed by atoms with Crippen molar-refractivity contribution in [1.82, 2.24) is 41.7 Å². The van der Waals surface area contributed by atoms with E-state index in [1.807, 2.05) is 0 Å². The molecule has 28 nitrogen and oxygen atoms in total. The molecule has 84 heavy (non-hydrogen) atoms. The van der Waals surface area contributed by atoms with Gasteiger partial charge in [-0.15, -0.1) is 0 Å². The van der Waals surface area contributed by atoms with Gasteiger partial charge in [0.1, 0.15) is 54.3 Å². The molecule has 0 saturated carbocycles. The molecule has 3 aliphatic heterocycles. The van der Waals surface area contributed by atoms with E-state index in [0.717, 1.165) is 67.4 Å². The molecule has 476 valence electrons. The lowest BCUT2D eigenvalue weighted by atomic mass is 9.91. The molecule has 8 amide bonds. The number of carbonyl (C=O) groups excluding carboxylic acids is 8. The summed E-state index contributed by atoms with van der Waals surface area (Å²) < 4.78 is 5.73. The molecule has 3 fully saturated rings. The van der Waals surface area contributed by atoms with Crippen molar-refractivity contribution in [2.45, 2.75) is 203 Å². The van der Waals surface area contributed by atoms with Gasteiger partial charge in [-0.25, -0.2) is 0 Å². The summed E-state index contributed by atoms with van der Waals surface area (Å²) in [7, 11) is 0. The highest BCUT2D eigenvalue weighted by Gasteiger charge is 2.48.